The van der Waals surface area contributed by atoms with Crippen LogP contribution in [0.2, 0.25) is 10.0 Å². The second kappa shape index (κ2) is 8.37. The highest BCUT2D eigenvalue weighted by molar-refractivity contribution is 6.35. The van der Waals surface area contributed by atoms with Crippen molar-refractivity contribution in [3.05, 3.63) is 107 Å². The molecule has 4 nitrogen and oxygen atoms in total. The van der Waals surface area contributed by atoms with Crippen LogP contribution in [0.5, 0.6) is 0 Å². The van der Waals surface area contributed by atoms with E-state index in [0.29, 0.717) is 16.5 Å². The largest absolute Gasteiger partial charge is 0.383 e. The van der Waals surface area contributed by atoms with E-state index in [1.54, 1.807) is 23.1 Å². The Morgan fingerprint density at radius 3 is 2.28 bits per heavy atom. The maximum atomic E-state index is 11.7. The first kappa shape index (κ1) is 19.6. The van der Waals surface area contributed by atoms with Gasteiger partial charge in [0.1, 0.15) is 18.3 Å². The molecule has 146 valence electrons. The molecule has 0 aliphatic heterocycles. The zero-order chi connectivity index (χ0) is 20.3. The van der Waals surface area contributed by atoms with Crippen molar-refractivity contribution in [2.75, 3.05) is 0 Å². The van der Waals surface area contributed by atoms with E-state index in [4.69, 9.17) is 23.2 Å². The number of nitrogens with zero attached hydrogens (tertiary/aromatic N) is 3. The average Bonchev–Trinajstić information content (AvgIpc) is 3.24. The van der Waals surface area contributed by atoms with E-state index in [-0.39, 0.29) is 6.54 Å². The van der Waals surface area contributed by atoms with Crippen LogP contribution in [0.15, 0.2) is 85.5 Å². The number of hydrogen-bond acceptors (Lipinski definition) is 3. The van der Waals surface area contributed by atoms with E-state index in [0.717, 1.165) is 22.3 Å². The van der Waals surface area contributed by atoms with Gasteiger partial charge in [-0.3, -0.25) is 0 Å². The van der Waals surface area contributed by atoms with Gasteiger partial charge < -0.3 is 5.11 Å². The van der Waals surface area contributed by atoms with E-state index in [9.17, 15) is 5.11 Å². The zero-order valence-corrected chi connectivity index (χ0v) is 17.1. The fourth-order valence-electron chi connectivity index (χ4n) is 3.42. The first-order chi connectivity index (χ1) is 14.0. The van der Waals surface area contributed by atoms with Crippen molar-refractivity contribution in [2.45, 2.75) is 18.6 Å². The highest BCUT2D eigenvalue weighted by atomic mass is 35.5. The molecular weight excluding hydrogens is 405 g/mol. The van der Waals surface area contributed by atoms with Crippen molar-refractivity contribution >= 4 is 23.2 Å². The Labute approximate surface area is 179 Å². The fourth-order valence-corrected chi connectivity index (χ4v) is 3.89. The summed E-state index contributed by atoms with van der Waals surface area (Å²) in [5, 5.41) is 16.9. The van der Waals surface area contributed by atoms with Gasteiger partial charge in [0.25, 0.3) is 0 Å². The molecule has 0 fully saturated rings. The monoisotopic (exact) mass is 423 g/mol. The molecule has 1 heterocycles. The lowest BCUT2D eigenvalue weighted by atomic mass is 9.86. The summed E-state index contributed by atoms with van der Waals surface area (Å²) in [6, 6.07) is 23.4. The number of halogens is 2. The Morgan fingerprint density at radius 2 is 1.62 bits per heavy atom. The zero-order valence-electron chi connectivity index (χ0n) is 15.5. The molecule has 1 aromatic heterocycles. The molecule has 6 heteroatoms. The average molecular weight is 424 g/mol. The Balaban J connectivity index is 1.69. The van der Waals surface area contributed by atoms with Crippen molar-refractivity contribution in [1.29, 1.82) is 0 Å². The van der Waals surface area contributed by atoms with Crippen LogP contribution in [0.25, 0.3) is 11.1 Å². The van der Waals surface area contributed by atoms with Crippen molar-refractivity contribution < 1.29 is 5.11 Å². The second-order valence-corrected chi connectivity index (χ2v) is 7.82. The summed E-state index contributed by atoms with van der Waals surface area (Å²) in [6.07, 6.45) is 3.36. The quantitative estimate of drug-likeness (QED) is 0.452. The predicted octanol–water partition coefficient (Wildman–Crippen LogP) is 5.38. The molecule has 3 aromatic carbocycles. The molecule has 1 N–H and O–H groups in total. The highest BCUT2D eigenvalue weighted by Crippen LogP contribution is 2.33. The number of rotatable bonds is 6. The molecule has 0 aliphatic rings. The van der Waals surface area contributed by atoms with E-state index in [2.05, 4.69) is 22.2 Å². The summed E-state index contributed by atoms with van der Waals surface area (Å²) in [5.41, 5.74) is 2.58. The van der Waals surface area contributed by atoms with Crippen LogP contribution in [-0.2, 0) is 18.6 Å². The molecule has 4 aromatic rings. The predicted molar refractivity (Wildman–Crippen MR) is 116 cm³/mol. The number of aliphatic hydroxyl groups is 1. The maximum absolute atomic E-state index is 11.7. The van der Waals surface area contributed by atoms with Gasteiger partial charge in [-0.25, -0.2) is 9.67 Å². The molecule has 1 atom stereocenters. The lowest BCUT2D eigenvalue weighted by Gasteiger charge is -2.29. The minimum Gasteiger partial charge on any atom is -0.383 e. The van der Waals surface area contributed by atoms with Crippen LogP contribution >= 0.6 is 23.2 Å². The number of aromatic nitrogens is 3. The Bertz CT molecular complexity index is 1080. The van der Waals surface area contributed by atoms with Gasteiger partial charge in [-0.05, 0) is 34.4 Å². The van der Waals surface area contributed by atoms with Gasteiger partial charge in [0.2, 0.25) is 0 Å². The molecule has 4 rings (SSSR count). The van der Waals surface area contributed by atoms with Crippen molar-refractivity contribution in [3.8, 4) is 11.1 Å². The Hall–Kier alpha value is -2.66. The lowest BCUT2D eigenvalue weighted by Crippen LogP contribution is -2.34. The summed E-state index contributed by atoms with van der Waals surface area (Å²) < 4.78 is 1.62. The summed E-state index contributed by atoms with van der Waals surface area (Å²) >= 11 is 12.4. The first-order valence-electron chi connectivity index (χ1n) is 9.18. The van der Waals surface area contributed by atoms with Crippen molar-refractivity contribution in [1.82, 2.24) is 14.8 Å². The topological polar surface area (TPSA) is 50.9 Å². The summed E-state index contributed by atoms with van der Waals surface area (Å²) in [5.74, 6) is 0. The van der Waals surface area contributed by atoms with E-state index in [1.807, 2.05) is 48.5 Å². The molecule has 29 heavy (non-hydrogen) atoms. The Kier molecular flexibility index (Phi) is 5.67. The van der Waals surface area contributed by atoms with Crippen LogP contribution < -0.4 is 0 Å². The fraction of sp³-hybridized carbons (Fsp3) is 0.130. The van der Waals surface area contributed by atoms with E-state index in [1.165, 1.54) is 6.33 Å². The third-order valence-corrected chi connectivity index (χ3v) is 5.50. The van der Waals surface area contributed by atoms with Crippen molar-refractivity contribution in [2.24, 2.45) is 0 Å². The minimum atomic E-state index is -1.22. The molecule has 0 radical (unpaired) electrons. The van der Waals surface area contributed by atoms with Crippen LogP contribution in [0.4, 0.5) is 0 Å². The van der Waals surface area contributed by atoms with Gasteiger partial charge in [0.05, 0.1) is 6.54 Å². The smallest absolute Gasteiger partial charge is 0.137 e. The van der Waals surface area contributed by atoms with Gasteiger partial charge in [-0.1, -0.05) is 83.9 Å². The minimum absolute atomic E-state index is 0.247. The molecule has 1 unspecified atom stereocenters. The van der Waals surface area contributed by atoms with Gasteiger partial charge in [-0.15, -0.1) is 0 Å². The molecular formula is C23H19Cl2N3O. The van der Waals surface area contributed by atoms with Crippen LogP contribution in [-0.4, -0.2) is 19.9 Å². The molecule has 0 bridgehead atoms. The van der Waals surface area contributed by atoms with Crippen molar-refractivity contribution in [3.63, 3.8) is 0 Å². The molecule has 0 saturated carbocycles. The second-order valence-electron chi connectivity index (χ2n) is 6.98. The van der Waals surface area contributed by atoms with Gasteiger partial charge >= 0.3 is 0 Å². The third-order valence-electron chi connectivity index (χ3n) is 4.92. The van der Waals surface area contributed by atoms with Crippen LogP contribution in [0.1, 0.15) is 11.1 Å². The number of hydrogen-bond donors (Lipinski definition) is 1. The van der Waals surface area contributed by atoms with Crippen LogP contribution in [0.3, 0.4) is 0 Å². The molecule has 0 spiro atoms. The third kappa shape index (κ3) is 4.51. The highest BCUT2D eigenvalue weighted by Gasteiger charge is 2.31. The standard InChI is InChI=1S/C23H19Cl2N3O/c24-21-11-8-19(22(25)12-21)13-23(29,14-28-16-26-15-27-28)20-9-6-18(7-10-20)17-4-2-1-3-5-17/h1-12,15-16,29H,13-14H2. The molecule has 0 amide bonds. The number of benzene rings is 3. The van der Waals surface area contributed by atoms with Gasteiger partial charge in [0, 0.05) is 16.5 Å². The normalized spacial score (nSPS) is 13.2. The van der Waals surface area contributed by atoms with E-state index >= 15 is 0 Å². The van der Waals surface area contributed by atoms with Crippen LogP contribution in [0, 0.1) is 0 Å². The molecule has 0 aliphatic carbocycles. The summed E-state index contributed by atoms with van der Waals surface area (Å²) in [4.78, 5) is 3.99. The summed E-state index contributed by atoms with van der Waals surface area (Å²) in [7, 11) is 0. The Morgan fingerprint density at radius 1 is 0.897 bits per heavy atom. The lowest BCUT2D eigenvalue weighted by molar-refractivity contribution is 0.0151. The first-order valence-corrected chi connectivity index (χ1v) is 9.94. The maximum Gasteiger partial charge on any atom is 0.137 e. The SMILES string of the molecule is OC(Cc1ccc(Cl)cc1Cl)(Cn1cncn1)c1ccc(-c2ccccc2)cc1. The summed E-state index contributed by atoms with van der Waals surface area (Å²) in [6.45, 7) is 0.247. The van der Waals surface area contributed by atoms with Gasteiger partial charge in [-0.2, -0.15) is 5.10 Å². The van der Waals surface area contributed by atoms with E-state index < -0.39 is 5.60 Å². The van der Waals surface area contributed by atoms with Gasteiger partial charge in [0.15, 0.2) is 0 Å². The molecule has 0 saturated heterocycles.